The number of amides is 1. The van der Waals surface area contributed by atoms with Crippen LogP contribution in [0.15, 0.2) is 27.3 Å². The molecular formula is C16H20BrNO4. The second-order valence-electron chi connectivity index (χ2n) is 5.40. The van der Waals surface area contributed by atoms with Crippen LogP contribution in [0, 0.1) is 0 Å². The van der Waals surface area contributed by atoms with Crippen molar-refractivity contribution in [2.75, 3.05) is 0 Å². The van der Waals surface area contributed by atoms with Gasteiger partial charge in [-0.25, -0.2) is 4.79 Å². The molecule has 1 atom stereocenters. The van der Waals surface area contributed by atoms with Gasteiger partial charge in [0.1, 0.15) is 5.76 Å². The Bertz CT molecular complexity index is 546. The molecule has 1 heterocycles. The van der Waals surface area contributed by atoms with Crippen LogP contribution in [0.1, 0.15) is 44.8 Å². The summed E-state index contributed by atoms with van der Waals surface area (Å²) in [6, 6.07) is 3.65. The normalized spacial score (nSPS) is 17.4. The summed E-state index contributed by atoms with van der Waals surface area (Å²) in [5, 5.41) is 2.94. The third-order valence-corrected chi connectivity index (χ3v) is 4.02. The molecule has 5 nitrogen and oxygen atoms in total. The minimum atomic E-state index is -0.803. The van der Waals surface area contributed by atoms with Crippen molar-refractivity contribution >= 4 is 33.9 Å². The van der Waals surface area contributed by atoms with Crippen molar-refractivity contribution in [1.82, 2.24) is 5.32 Å². The zero-order chi connectivity index (χ0) is 15.9. The van der Waals surface area contributed by atoms with E-state index >= 15 is 0 Å². The first-order chi connectivity index (χ1) is 10.5. The predicted octanol–water partition coefficient (Wildman–Crippen LogP) is 3.44. The highest BCUT2D eigenvalue weighted by Gasteiger charge is 2.21. The fourth-order valence-electron chi connectivity index (χ4n) is 2.40. The second kappa shape index (κ2) is 8.17. The van der Waals surface area contributed by atoms with Gasteiger partial charge in [-0.3, -0.25) is 4.79 Å². The number of carbonyl (C=O) groups is 2. The van der Waals surface area contributed by atoms with Crippen LogP contribution in [0.5, 0.6) is 0 Å². The van der Waals surface area contributed by atoms with Gasteiger partial charge in [-0.2, -0.15) is 0 Å². The maximum Gasteiger partial charge on any atom is 0.331 e. The van der Waals surface area contributed by atoms with E-state index in [-0.39, 0.29) is 11.9 Å². The van der Waals surface area contributed by atoms with Gasteiger partial charge >= 0.3 is 5.97 Å². The number of carbonyl (C=O) groups excluding carboxylic acids is 2. The Morgan fingerprint density at radius 1 is 1.36 bits per heavy atom. The molecule has 0 aliphatic heterocycles. The highest BCUT2D eigenvalue weighted by molar-refractivity contribution is 9.10. The summed E-state index contributed by atoms with van der Waals surface area (Å²) in [6.07, 6.45) is 7.45. The summed E-state index contributed by atoms with van der Waals surface area (Å²) in [5.74, 6) is -0.281. The topological polar surface area (TPSA) is 68.5 Å². The molecule has 1 aromatic rings. The summed E-state index contributed by atoms with van der Waals surface area (Å²) in [7, 11) is 0. The number of ether oxygens (including phenoxy) is 1. The molecule has 2 rings (SSSR count). The largest absolute Gasteiger partial charge is 0.450 e. The van der Waals surface area contributed by atoms with Crippen LogP contribution < -0.4 is 5.32 Å². The van der Waals surface area contributed by atoms with Crippen LogP contribution in [0.4, 0.5) is 0 Å². The number of hydrogen-bond acceptors (Lipinski definition) is 4. The minimum absolute atomic E-state index is 0.207. The molecule has 6 heteroatoms. The molecule has 1 amide bonds. The van der Waals surface area contributed by atoms with Gasteiger partial charge in [0.05, 0.1) is 0 Å². The number of rotatable bonds is 5. The average Bonchev–Trinajstić information content (AvgIpc) is 2.92. The third-order valence-electron chi connectivity index (χ3n) is 3.59. The lowest BCUT2D eigenvalue weighted by atomic mass is 9.95. The number of furan rings is 1. The fraction of sp³-hybridized carbons (Fsp3) is 0.500. The molecule has 1 saturated carbocycles. The molecule has 1 aliphatic rings. The van der Waals surface area contributed by atoms with Crippen molar-refractivity contribution in [1.29, 1.82) is 0 Å². The van der Waals surface area contributed by atoms with Gasteiger partial charge in [-0.1, -0.05) is 19.3 Å². The zero-order valence-electron chi connectivity index (χ0n) is 12.5. The molecular weight excluding hydrogens is 350 g/mol. The van der Waals surface area contributed by atoms with E-state index in [1.54, 1.807) is 19.1 Å². The van der Waals surface area contributed by atoms with E-state index in [0.717, 1.165) is 25.7 Å². The van der Waals surface area contributed by atoms with Crippen LogP contribution >= 0.6 is 15.9 Å². The lowest BCUT2D eigenvalue weighted by Crippen LogP contribution is -2.42. The Labute approximate surface area is 138 Å². The molecule has 120 valence electrons. The SMILES string of the molecule is C[C@@H](OC(=O)/C=C/c1ccc(Br)o1)C(=O)NC1CCCCC1. The quantitative estimate of drug-likeness (QED) is 0.637. The zero-order valence-corrected chi connectivity index (χ0v) is 14.1. The summed E-state index contributed by atoms with van der Waals surface area (Å²) >= 11 is 3.18. The van der Waals surface area contributed by atoms with Crippen LogP contribution in [-0.2, 0) is 14.3 Å². The molecule has 22 heavy (non-hydrogen) atoms. The first-order valence-corrected chi connectivity index (χ1v) is 8.28. The number of esters is 1. The van der Waals surface area contributed by atoms with E-state index in [4.69, 9.17) is 9.15 Å². The average molecular weight is 370 g/mol. The van der Waals surface area contributed by atoms with Crippen molar-refractivity contribution in [2.24, 2.45) is 0 Å². The van der Waals surface area contributed by atoms with Crippen molar-refractivity contribution in [3.05, 3.63) is 28.6 Å². The van der Waals surface area contributed by atoms with Gasteiger partial charge in [0, 0.05) is 12.1 Å². The molecule has 1 N–H and O–H groups in total. The number of hydrogen-bond donors (Lipinski definition) is 1. The standard InChI is InChI=1S/C16H20BrNO4/c1-11(16(20)18-12-5-3-2-4-6-12)21-15(19)10-8-13-7-9-14(17)22-13/h7-12H,2-6H2,1H3,(H,18,20)/b10-8+/t11-/m1/s1. The second-order valence-corrected chi connectivity index (χ2v) is 6.18. The molecule has 0 unspecified atom stereocenters. The van der Waals surface area contributed by atoms with E-state index in [0.29, 0.717) is 10.4 Å². The van der Waals surface area contributed by atoms with E-state index in [2.05, 4.69) is 21.2 Å². The number of nitrogens with one attached hydrogen (secondary N) is 1. The highest BCUT2D eigenvalue weighted by Crippen LogP contribution is 2.17. The maximum absolute atomic E-state index is 12.0. The van der Waals surface area contributed by atoms with Crippen LogP contribution in [0.25, 0.3) is 6.08 Å². The molecule has 0 saturated heterocycles. The lowest BCUT2D eigenvalue weighted by molar-refractivity contribution is -0.150. The molecule has 0 aromatic carbocycles. The summed E-state index contributed by atoms with van der Waals surface area (Å²) in [5.41, 5.74) is 0. The Hall–Kier alpha value is -1.56. The van der Waals surface area contributed by atoms with Crippen LogP contribution in [-0.4, -0.2) is 24.0 Å². The van der Waals surface area contributed by atoms with Gasteiger partial charge in [-0.05, 0) is 53.9 Å². The molecule has 0 radical (unpaired) electrons. The van der Waals surface area contributed by atoms with E-state index in [1.165, 1.54) is 18.6 Å². The molecule has 1 fully saturated rings. The smallest absolute Gasteiger partial charge is 0.331 e. The first-order valence-electron chi connectivity index (χ1n) is 7.49. The Morgan fingerprint density at radius 3 is 2.73 bits per heavy atom. The van der Waals surface area contributed by atoms with Crippen molar-refractivity contribution < 1.29 is 18.7 Å². The van der Waals surface area contributed by atoms with Crippen molar-refractivity contribution in [2.45, 2.75) is 51.2 Å². The van der Waals surface area contributed by atoms with Crippen molar-refractivity contribution in [3.63, 3.8) is 0 Å². The highest BCUT2D eigenvalue weighted by atomic mass is 79.9. The monoisotopic (exact) mass is 369 g/mol. The Morgan fingerprint density at radius 2 is 2.09 bits per heavy atom. The van der Waals surface area contributed by atoms with Gasteiger partial charge in [0.25, 0.3) is 5.91 Å². The van der Waals surface area contributed by atoms with E-state index < -0.39 is 12.1 Å². The van der Waals surface area contributed by atoms with E-state index in [1.807, 2.05) is 0 Å². The van der Waals surface area contributed by atoms with Gasteiger partial charge < -0.3 is 14.5 Å². The molecule has 1 aromatic heterocycles. The fourth-order valence-corrected chi connectivity index (χ4v) is 2.72. The Balaban J connectivity index is 1.77. The maximum atomic E-state index is 12.0. The predicted molar refractivity (Wildman–Crippen MR) is 86.0 cm³/mol. The van der Waals surface area contributed by atoms with E-state index in [9.17, 15) is 9.59 Å². The van der Waals surface area contributed by atoms with Gasteiger partial charge in [0.2, 0.25) is 0 Å². The molecule has 1 aliphatic carbocycles. The number of halogens is 1. The first kappa shape index (κ1) is 16.8. The van der Waals surface area contributed by atoms with Crippen LogP contribution in [0.3, 0.4) is 0 Å². The summed E-state index contributed by atoms with van der Waals surface area (Å²) < 4.78 is 10.9. The Kier molecular flexibility index (Phi) is 6.24. The molecule has 0 spiro atoms. The molecule has 0 bridgehead atoms. The minimum Gasteiger partial charge on any atom is -0.450 e. The van der Waals surface area contributed by atoms with Crippen LogP contribution in [0.2, 0.25) is 0 Å². The lowest BCUT2D eigenvalue weighted by Gasteiger charge is -2.24. The van der Waals surface area contributed by atoms with Crippen molar-refractivity contribution in [3.8, 4) is 0 Å². The van der Waals surface area contributed by atoms with Gasteiger partial charge in [0.15, 0.2) is 10.8 Å². The summed E-state index contributed by atoms with van der Waals surface area (Å²) in [4.78, 5) is 23.7. The third kappa shape index (κ3) is 5.33. The van der Waals surface area contributed by atoms with Gasteiger partial charge in [-0.15, -0.1) is 0 Å². The summed E-state index contributed by atoms with van der Waals surface area (Å²) in [6.45, 7) is 1.58.